The molecule has 1 unspecified atom stereocenters. The summed E-state index contributed by atoms with van der Waals surface area (Å²) in [5.74, 6) is -0.200. The number of aromatic nitrogens is 2. The summed E-state index contributed by atoms with van der Waals surface area (Å²) < 4.78 is 1.81. The van der Waals surface area contributed by atoms with E-state index in [2.05, 4.69) is 24.3 Å². The SMILES string of the molecule is CCC(CC)n1nc(C)cc1C(=O)NCC(C)(O)c1cccs1. The smallest absolute Gasteiger partial charge is 0.269 e. The van der Waals surface area contributed by atoms with E-state index in [1.165, 1.54) is 11.3 Å². The molecule has 0 aliphatic carbocycles. The van der Waals surface area contributed by atoms with Crippen LogP contribution in [0, 0.1) is 6.92 Å². The Hall–Kier alpha value is -1.66. The lowest BCUT2D eigenvalue weighted by molar-refractivity contribution is 0.0552. The zero-order valence-corrected chi connectivity index (χ0v) is 15.0. The summed E-state index contributed by atoms with van der Waals surface area (Å²) in [5, 5.41) is 19.7. The highest BCUT2D eigenvalue weighted by Gasteiger charge is 2.26. The third-order valence-corrected chi connectivity index (χ3v) is 5.15. The standard InChI is InChI=1S/C17H25N3O2S/c1-5-13(6-2)20-14(10-12(3)19-20)16(21)18-11-17(4,22)15-8-7-9-23-15/h7-10,13,22H,5-6,11H2,1-4H3,(H,18,21). The van der Waals surface area contributed by atoms with Gasteiger partial charge in [-0.25, -0.2) is 0 Å². The highest BCUT2D eigenvalue weighted by Crippen LogP contribution is 2.24. The van der Waals surface area contributed by atoms with Gasteiger partial charge >= 0.3 is 0 Å². The van der Waals surface area contributed by atoms with Crippen LogP contribution in [0.1, 0.15) is 60.7 Å². The number of carbonyl (C=O) groups is 1. The van der Waals surface area contributed by atoms with E-state index in [1.54, 1.807) is 13.0 Å². The van der Waals surface area contributed by atoms with Crippen LogP contribution in [0.4, 0.5) is 0 Å². The Kier molecular flexibility index (Phi) is 5.59. The average molecular weight is 335 g/mol. The molecule has 2 aromatic heterocycles. The van der Waals surface area contributed by atoms with Gasteiger partial charge in [-0.2, -0.15) is 5.10 Å². The van der Waals surface area contributed by atoms with Crippen molar-refractivity contribution < 1.29 is 9.90 Å². The van der Waals surface area contributed by atoms with Crippen LogP contribution in [0.2, 0.25) is 0 Å². The van der Waals surface area contributed by atoms with Crippen LogP contribution in [0.15, 0.2) is 23.6 Å². The fourth-order valence-corrected chi connectivity index (χ4v) is 3.40. The molecule has 1 atom stereocenters. The largest absolute Gasteiger partial charge is 0.383 e. The summed E-state index contributed by atoms with van der Waals surface area (Å²) in [6, 6.07) is 5.77. The number of aryl methyl sites for hydroxylation is 1. The number of amides is 1. The van der Waals surface area contributed by atoms with Gasteiger partial charge in [-0.05, 0) is 44.2 Å². The number of hydrogen-bond donors (Lipinski definition) is 2. The van der Waals surface area contributed by atoms with Crippen LogP contribution in [0.3, 0.4) is 0 Å². The molecule has 23 heavy (non-hydrogen) atoms. The summed E-state index contributed by atoms with van der Waals surface area (Å²) in [4.78, 5) is 13.4. The first kappa shape index (κ1) is 17.7. The van der Waals surface area contributed by atoms with E-state index in [4.69, 9.17) is 0 Å². The molecule has 0 radical (unpaired) electrons. The second kappa shape index (κ2) is 7.27. The second-order valence-corrected chi connectivity index (χ2v) is 6.97. The van der Waals surface area contributed by atoms with Crippen molar-refractivity contribution in [2.24, 2.45) is 0 Å². The molecule has 0 spiro atoms. The first-order valence-electron chi connectivity index (χ1n) is 7.99. The first-order chi connectivity index (χ1) is 10.9. The maximum Gasteiger partial charge on any atom is 0.269 e. The Morgan fingerprint density at radius 2 is 2.17 bits per heavy atom. The lowest BCUT2D eigenvalue weighted by atomic mass is 10.1. The molecule has 2 heterocycles. The first-order valence-corrected chi connectivity index (χ1v) is 8.87. The highest BCUT2D eigenvalue weighted by atomic mass is 32.1. The fourth-order valence-electron chi connectivity index (χ4n) is 2.61. The number of thiophene rings is 1. The summed E-state index contributed by atoms with van der Waals surface area (Å²) in [6.07, 6.45) is 1.84. The van der Waals surface area contributed by atoms with Gasteiger partial charge in [0.05, 0.1) is 18.3 Å². The van der Waals surface area contributed by atoms with Crippen molar-refractivity contribution in [1.82, 2.24) is 15.1 Å². The molecule has 0 aliphatic heterocycles. The van der Waals surface area contributed by atoms with Gasteiger partial charge < -0.3 is 10.4 Å². The minimum Gasteiger partial charge on any atom is -0.383 e. The Morgan fingerprint density at radius 1 is 1.48 bits per heavy atom. The molecule has 0 aliphatic rings. The van der Waals surface area contributed by atoms with E-state index < -0.39 is 5.60 Å². The Labute approximate surface area is 141 Å². The molecule has 1 amide bonds. The molecule has 2 rings (SSSR count). The Bertz CT molecular complexity index is 643. The van der Waals surface area contributed by atoms with E-state index in [-0.39, 0.29) is 18.5 Å². The molecule has 0 saturated carbocycles. The topological polar surface area (TPSA) is 67.2 Å². The zero-order chi connectivity index (χ0) is 17.0. The molecule has 0 fully saturated rings. The predicted molar refractivity (Wildman–Crippen MR) is 92.8 cm³/mol. The third kappa shape index (κ3) is 4.00. The molecule has 0 aromatic carbocycles. The zero-order valence-electron chi connectivity index (χ0n) is 14.2. The molecule has 2 N–H and O–H groups in total. The van der Waals surface area contributed by atoms with Crippen molar-refractivity contribution in [1.29, 1.82) is 0 Å². The quantitative estimate of drug-likeness (QED) is 0.816. The maximum atomic E-state index is 12.6. The molecule has 2 aromatic rings. The normalized spacial score (nSPS) is 14.0. The molecule has 5 nitrogen and oxygen atoms in total. The minimum atomic E-state index is -1.07. The molecule has 0 saturated heterocycles. The van der Waals surface area contributed by atoms with E-state index >= 15 is 0 Å². The highest BCUT2D eigenvalue weighted by molar-refractivity contribution is 7.10. The second-order valence-electron chi connectivity index (χ2n) is 6.02. The van der Waals surface area contributed by atoms with E-state index in [0.717, 1.165) is 23.4 Å². The monoisotopic (exact) mass is 335 g/mol. The average Bonchev–Trinajstić information content (AvgIpc) is 3.16. The lowest BCUT2D eigenvalue weighted by Crippen LogP contribution is -2.39. The van der Waals surface area contributed by atoms with Gasteiger partial charge in [0.15, 0.2) is 0 Å². The van der Waals surface area contributed by atoms with Crippen molar-refractivity contribution >= 4 is 17.2 Å². The van der Waals surface area contributed by atoms with Gasteiger partial charge in [0, 0.05) is 4.88 Å². The Morgan fingerprint density at radius 3 is 2.74 bits per heavy atom. The molecule has 0 bridgehead atoms. The number of aliphatic hydroxyl groups is 1. The van der Waals surface area contributed by atoms with Crippen LogP contribution < -0.4 is 5.32 Å². The number of nitrogens with zero attached hydrogens (tertiary/aromatic N) is 2. The van der Waals surface area contributed by atoms with Crippen molar-refractivity contribution in [2.75, 3.05) is 6.54 Å². The summed E-state index contributed by atoms with van der Waals surface area (Å²) >= 11 is 1.48. The number of nitrogens with one attached hydrogen (secondary N) is 1. The molecule has 126 valence electrons. The summed E-state index contributed by atoms with van der Waals surface area (Å²) in [5.41, 5.74) is 0.309. The van der Waals surface area contributed by atoms with Gasteiger partial charge in [0.1, 0.15) is 11.3 Å². The summed E-state index contributed by atoms with van der Waals surface area (Å²) in [7, 11) is 0. The minimum absolute atomic E-state index is 0.166. The number of rotatable bonds is 7. The van der Waals surface area contributed by atoms with Crippen molar-refractivity contribution in [2.45, 2.75) is 52.2 Å². The molecular formula is C17H25N3O2S. The Balaban J connectivity index is 2.12. The van der Waals surface area contributed by atoms with Crippen LogP contribution in [0.5, 0.6) is 0 Å². The van der Waals surface area contributed by atoms with Gasteiger partial charge in [0.25, 0.3) is 5.91 Å². The number of carbonyl (C=O) groups excluding carboxylic acids is 1. The molecular weight excluding hydrogens is 310 g/mol. The fraction of sp³-hybridized carbons (Fsp3) is 0.529. The van der Waals surface area contributed by atoms with Gasteiger partial charge in [-0.15, -0.1) is 11.3 Å². The number of hydrogen-bond acceptors (Lipinski definition) is 4. The van der Waals surface area contributed by atoms with Gasteiger partial charge in [0.2, 0.25) is 0 Å². The van der Waals surface area contributed by atoms with Crippen molar-refractivity contribution in [3.05, 3.63) is 39.8 Å². The summed E-state index contributed by atoms with van der Waals surface area (Å²) in [6.45, 7) is 7.95. The van der Waals surface area contributed by atoms with E-state index in [9.17, 15) is 9.90 Å². The maximum absolute atomic E-state index is 12.6. The van der Waals surface area contributed by atoms with Crippen molar-refractivity contribution in [3.8, 4) is 0 Å². The third-order valence-electron chi connectivity index (χ3n) is 4.02. The van der Waals surface area contributed by atoms with Gasteiger partial charge in [-0.3, -0.25) is 9.48 Å². The van der Waals surface area contributed by atoms with Gasteiger partial charge in [-0.1, -0.05) is 19.9 Å². The van der Waals surface area contributed by atoms with Crippen LogP contribution in [-0.2, 0) is 5.60 Å². The van der Waals surface area contributed by atoms with Crippen molar-refractivity contribution in [3.63, 3.8) is 0 Å². The molecule has 6 heteroatoms. The van der Waals surface area contributed by atoms with Crippen LogP contribution in [0.25, 0.3) is 0 Å². The predicted octanol–water partition coefficient (Wildman–Crippen LogP) is 3.25. The van der Waals surface area contributed by atoms with Crippen LogP contribution >= 0.6 is 11.3 Å². The lowest BCUT2D eigenvalue weighted by Gasteiger charge is -2.23. The van der Waals surface area contributed by atoms with E-state index in [0.29, 0.717) is 5.69 Å². The van der Waals surface area contributed by atoms with Crippen LogP contribution in [-0.4, -0.2) is 27.3 Å². The van der Waals surface area contributed by atoms with E-state index in [1.807, 2.05) is 29.1 Å².